The second-order valence-corrected chi connectivity index (χ2v) is 4.02. The van der Waals surface area contributed by atoms with E-state index in [1.165, 1.54) is 28.6 Å². The molecule has 0 saturated heterocycles. The van der Waals surface area contributed by atoms with Gasteiger partial charge in [-0.25, -0.2) is 0 Å². The Labute approximate surface area is 93.9 Å². The van der Waals surface area contributed by atoms with Gasteiger partial charge in [0.25, 0.3) is 0 Å². The zero-order valence-corrected chi connectivity index (χ0v) is 9.27. The van der Waals surface area contributed by atoms with Crippen molar-refractivity contribution in [3.63, 3.8) is 0 Å². The topological polar surface area (TPSA) is 95.8 Å². The number of anilines is 1. The molecule has 0 aliphatic rings. The van der Waals surface area contributed by atoms with Crippen molar-refractivity contribution in [3.8, 4) is 0 Å². The number of nitrogens with two attached hydrogens (primary N) is 1. The third kappa shape index (κ3) is 1.74. The lowest BCUT2D eigenvalue weighted by Gasteiger charge is -2.03. The Morgan fingerprint density at radius 1 is 1.38 bits per heavy atom. The lowest BCUT2D eigenvalue weighted by Crippen LogP contribution is -2.39. The van der Waals surface area contributed by atoms with Crippen molar-refractivity contribution in [2.75, 3.05) is 5.73 Å². The predicted molar refractivity (Wildman–Crippen MR) is 59.4 cm³/mol. The lowest BCUT2D eigenvalue weighted by atomic mass is 10.4. The highest BCUT2D eigenvalue weighted by atomic mass is 32.1. The molecule has 0 saturated carbocycles. The fourth-order valence-electron chi connectivity index (χ4n) is 1.20. The average molecular weight is 239 g/mol. The maximum Gasteiger partial charge on any atom is 0.316 e. The van der Waals surface area contributed by atoms with E-state index in [9.17, 15) is 9.59 Å². The van der Waals surface area contributed by atoms with Crippen molar-refractivity contribution in [3.05, 3.63) is 38.8 Å². The summed E-state index contributed by atoms with van der Waals surface area (Å²) in [7, 11) is 1.52. The van der Waals surface area contributed by atoms with Crippen molar-refractivity contribution in [2.45, 2.75) is 6.54 Å². The molecule has 8 heteroatoms. The Balaban J connectivity index is 2.44. The molecule has 0 atom stereocenters. The monoisotopic (exact) mass is 239 g/mol. The number of hydrogen-bond acceptors (Lipinski definition) is 6. The van der Waals surface area contributed by atoms with Crippen molar-refractivity contribution in [2.24, 2.45) is 7.05 Å². The fourth-order valence-corrected chi connectivity index (χ4v) is 1.64. The summed E-state index contributed by atoms with van der Waals surface area (Å²) in [5, 5.41) is 4.23. The van der Waals surface area contributed by atoms with Crippen LogP contribution < -0.4 is 16.9 Å². The smallest absolute Gasteiger partial charge is 0.316 e. The molecule has 2 rings (SSSR count). The first-order valence-corrected chi connectivity index (χ1v) is 5.19. The number of aryl methyl sites for hydroxylation is 1. The first-order valence-electron chi connectivity index (χ1n) is 4.42. The van der Waals surface area contributed by atoms with Gasteiger partial charge in [0.2, 0.25) is 0 Å². The number of aromatic nitrogens is 4. The lowest BCUT2D eigenvalue weighted by molar-refractivity contribution is 0.683. The van der Waals surface area contributed by atoms with Crippen molar-refractivity contribution >= 4 is 16.5 Å². The normalized spacial score (nSPS) is 10.6. The van der Waals surface area contributed by atoms with Crippen LogP contribution in [-0.2, 0) is 13.6 Å². The van der Waals surface area contributed by atoms with E-state index in [1.54, 1.807) is 0 Å². The van der Waals surface area contributed by atoms with Crippen LogP contribution in [0.15, 0.2) is 22.0 Å². The molecule has 0 radical (unpaired) electrons. The summed E-state index contributed by atoms with van der Waals surface area (Å²) in [5.41, 5.74) is 4.92. The molecule has 2 aromatic heterocycles. The molecule has 0 spiro atoms. The number of nitrogen functional groups attached to an aromatic ring is 1. The highest BCUT2D eigenvalue weighted by Gasteiger charge is 2.08. The van der Waals surface area contributed by atoms with Gasteiger partial charge in [-0.15, -0.1) is 5.10 Å². The second-order valence-electron chi connectivity index (χ2n) is 3.23. The van der Waals surface area contributed by atoms with Crippen LogP contribution in [0.5, 0.6) is 0 Å². The molecule has 2 heterocycles. The highest BCUT2D eigenvalue weighted by molar-refractivity contribution is 7.09. The van der Waals surface area contributed by atoms with Gasteiger partial charge in [0.15, 0.2) is 0 Å². The standard InChI is InChI=1S/C8H9N5O2S/c1-12-2-3-13(8(15)7(12)14)4-5-6(9)16-11-10-5/h2-3H,4,9H2,1H3. The van der Waals surface area contributed by atoms with Crippen LogP contribution in [0.25, 0.3) is 0 Å². The summed E-state index contributed by atoms with van der Waals surface area (Å²) in [6.45, 7) is 0.164. The second kappa shape index (κ2) is 3.89. The molecule has 0 unspecified atom stereocenters. The number of nitrogens with zero attached hydrogens (tertiary/aromatic N) is 4. The quantitative estimate of drug-likeness (QED) is 0.680. The summed E-state index contributed by atoms with van der Waals surface area (Å²) in [5.74, 6) is 0. The molecule has 0 aromatic carbocycles. The molecule has 0 aliphatic heterocycles. The molecule has 16 heavy (non-hydrogen) atoms. The molecular weight excluding hydrogens is 230 g/mol. The average Bonchev–Trinajstić information content (AvgIpc) is 2.65. The summed E-state index contributed by atoms with van der Waals surface area (Å²) in [4.78, 5) is 22.9. The summed E-state index contributed by atoms with van der Waals surface area (Å²) >= 11 is 1.05. The van der Waals surface area contributed by atoms with Gasteiger partial charge in [0.1, 0.15) is 10.7 Å². The van der Waals surface area contributed by atoms with Crippen LogP contribution in [0.3, 0.4) is 0 Å². The Hall–Kier alpha value is -1.96. The van der Waals surface area contributed by atoms with Gasteiger partial charge in [-0.05, 0) is 0 Å². The minimum atomic E-state index is -0.600. The number of rotatable bonds is 2. The van der Waals surface area contributed by atoms with Gasteiger partial charge in [-0.3, -0.25) is 9.59 Å². The minimum absolute atomic E-state index is 0.164. The summed E-state index contributed by atoms with van der Waals surface area (Å²) in [6.07, 6.45) is 3.03. The van der Waals surface area contributed by atoms with Crippen molar-refractivity contribution < 1.29 is 0 Å². The molecule has 7 nitrogen and oxygen atoms in total. The number of hydrogen-bond donors (Lipinski definition) is 1. The van der Waals surface area contributed by atoms with Crippen molar-refractivity contribution in [1.29, 1.82) is 0 Å². The Bertz CT molecular complexity index is 626. The summed E-state index contributed by atoms with van der Waals surface area (Å²) in [6, 6.07) is 0. The fraction of sp³-hybridized carbons (Fsp3) is 0.250. The Morgan fingerprint density at radius 3 is 2.75 bits per heavy atom. The van der Waals surface area contributed by atoms with Gasteiger partial charge in [0, 0.05) is 31.0 Å². The van der Waals surface area contributed by atoms with Gasteiger partial charge < -0.3 is 14.9 Å². The molecule has 0 amide bonds. The van der Waals surface area contributed by atoms with Crippen LogP contribution in [-0.4, -0.2) is 18.7 Å². The van der Waals surface area contributed by atoms with Gasteiger partial charge in [-0.1, -0.05) is 4.49 Å². The predicted octanol–water partition coefficient (Wildman–Crippen LogP) is -0.971. The van der Waals surface area contributed by atoms with E-state index in [0.717, 1.165) is 11.5 Å². The van der Waals surface area contributed by atoms with E-state index in [1.807, 2.05) is 0 Å². The van der Waals surface area contributed by atoms with E-state index in [4.69, 9.17) is 5.73 Å². The highest BCUT2D eigenvalue weighted by Crippen LogP contribution is 2.12. The van der Waals surface area contributed by atoms with Crippen LogP contribution in [0, 0.1) is 0 Å². The molecule has 2 N–H and O–H groups in total. The van der Waals surface area contributed by atoms with Crippen LogP contribution >= 0.6 is 11.5 Å². The molecule has 2 aromatic rings. The largest absolute Gasteiger partial charge is 0.388 e. The Kier molecular flexibility index (Phi) is 2.57. The maximum absolute atomic E-state index is 11.6. The minimum Gasteiger partial charge on any atom is -0.388 e. The van der Waals surface area contributed by atoms with Gasteiger partial charge >= 0.3 is 11.1 Å². The molecule has 84 valence electrons. The van der Waals surface area contributed by atoms with Crippen LogP contribution in [0.4, 0.5) is 5.00 Å². The van der Waals surface area contributed by atoms with E-state index in [0.29, 0.717) is 10.7 Å². The van der Waals surface area contributed by atoms with Crippen molar-refractivity contribution in [1.82, 2.24) is 18.7 Å². The van der Waals surface area contributed by atoms with Gasteiger partial charge in [0.05, 0.1) is 6.54 Å². The molecule has 0 bridgehead atoms. The van der Waals surface area contributed by atoms with Gasteiger partial charge in [-0.2, -0.15) is 0 Å². The van der Waals surface area contributed by atoms with Crippen LogP contribution in [0.1, 0.15) is 5.69 Å². The third-order valence-corrected chi connectivity index (χ3v) is 2.74. The maximum atomic E-state index is 11.6. The molecular formula is C8H9N5O2S. The Morgan fingerprint density at radius 2 is 2.12 bits per heavy atom. The first kappa shape index (κ1) is 10.6. The van der Waals surface area contributed by atoms with E-state index < -0.39 is 11.1 Å². The zero-order chi connectivity index (χ0) is 11.7. The molecule has 0 aliphatic carbocycles. The van der Waals surface area contributed by atoms with E-state index >= 15 is 0 Å². The zero-order valence-electron chi connectivity index (χ0n) is 8.45. The SMILES string of the molecule is Cn1ccn(Cc2nnsc2N)c(=O)c1=O. The third-order valence-electron chi connectivity index (χ3n) is 2.14. The van der Waals surface area contributed by atoms with E-state index in [2.05, 4.69) is 9.59 Å². The first-order chi connectivity index (χ1) is 7.59. The van der Waals surface area contributed by atoms with Crippen LogP contribution in [0.2, 0.25) is 0 Å². The molecule has 0 fully saturated rings. The summed E-state index contributed by atoms with van der Waals surface area (Å²) < 4.78 is 6.14. The van der Waals surface area contributed by atoms with E-state index in [-0.39, 0.29) is 6.54 Å².